The van der Waals surface area contributed by atoms with E-state index in [0.29, 0.717) is 12.3 Å². The van der Waals surface area contributed by atoms with E-state index >= 15 is 0 Å². The lowest BCUT2D eigenvalue weighted by molar-refractivity contribution is 0.158. The average molecular weight is 210 g/mol. The number of hydrogen-bond acceptors (Lipinski definition) is 4. The molecule has 15 heavy (non-hydrogen) atoms. The van der Waals surface area contributed by atoms with Crippen LogP contribution in [0.15, 0.2) is 18.2 Å². The minimum absolute atomic E-state index is 0.661. The van der Waals surface area contributed by atoms with Gasteiger partial charge < -0.3 is 20.5 Å². The lowest BCUT2D eigenvalue weighted by atomic mass is 10.2. The molecule has 0 spiro atoms. The molecule has 4 nitrogen and oxygen atoms in total. The number of hydrogen-bond donors (Lipinski definition) is 2. The van der Waals surface area contributed by atoms with Crippen LogP contribution >= 0.6 is 0 Å². The molecule has 0 aromatic heterocycles. The number of nitrogens with two attached hydrogens (primary N) is 1. The summed E-state index contributed by atoms with van der Waals surface area (Å²) in [7, 11) is 1.63. The van der Waals surface area contributed by atoms with Gasteiger partial charge in [-0.05, 0) is 19.1 Å². The van der Waals surface area contributed by atoms with Crippen molar-refractivity contribution in [1.82, 2.24) is 0 Å². The summed E-state index contributed by atoms with van der Waals surface area (Å²) in [4.78, 5) is 0. The Morgan fingerprint density at radius 2 is 2.20 bits per heavy atom. The van der Waals surface area contributed by atoms with Gasteiger partial charge in [0.25, 0.3) is 0 Å². The summed E-state index contributed by atoms with van der Waals surface area (Å²) in [5.41, 5.74) is 7.35. The molecule has 1 rings (SSSR count). The Balaban J connectivity index is 2.58. The molecule has 0 atom stereocenters. The highest BCUT2D eigenvalue weighted by Crippen LogP contribution is 2.29. The number of benzene rings is 1. The van der Waals surface area contributed by atoms with Gasteiger partial charge in [0.15, 0.2) is 0 Å². The first-order chi connectivity index (χ1) is 7.29. The third-order valence-corrected chi connectivity index (χ3v) is 2.03. The fourth-order valence-corrected chi connectivity index (χ4v) is 1.30. The minimum Gasteiger partial charge on any atom is -0.495 e. The van der Waals surface area contributed by atoms with Crippen LogP contribution in [0.5, 0.6) is 5.75 Å². The zero-order valence-electron chi connectivity index (χ0n) is 9.25. The van der Waals surface area contributed by atoms with Crippen molar-refractivity contribution in [2.24, 2.45) is 0 Å². The maximum Gasteiger partial charge on any atom is 0.144 e. The summed E-state index contributed by atoms with van der Waals surface area (Å²) in [5.74, 6) is 0.756. The van der Waals surface area contributed by atoms with E-state index < -0.39 is 0 Å². The van der Waals surface area contributed by atoms with Crippen LogP contribution < -0.4 is 15.8 Å². The van der Waals surface area contributed by atoms with Crippen LogP contribution in [0.3, 0.4) is 0 Å². The van der Waals surface area contributed by atoms with Crippen LogP contribution in [-0.2, 0) is 4.74 Å². The van der Waals surface area contributed by atoms with Crippen molar-refractivity contribution in [1.29, 1.82) is 0 Å². The summed E-state index contributed by atoms with van der Waals surface area (Å²) in [6, 6.07) is 5.58. The van der Waals surface area contributed by atoms with Crippen LogP contribution in [0.2, 0.25) is 0 Å². The third-order valence-electron chi connectivity index (χ3n) is 2.03. The maximum atomic E-state index is 5.83. The van der Waals surface area contributed by atoms with Crippen molar-refractivity contribution in [2.45, 2.75) is 6.92 Å². The van der Waals surface area contributed by atoms with Gasteiger partial charge in [-0.1, -0.05) is 6.07 Å². The highest BCUT2D eigenvalue weighted by atomic mass is 16.5. The zero-order chi connectivity index (χ0) is 11.1. The predicted octanol–water partition coefficient (Wildman–Crippen LogP) is 1.73. The molecule has 0 aliphatic heterocycles. The number of ether oxygens (including phenoxy) is 2. The van der Waals surface area contributed by atoms with Crippen molar-refractivity contribution >= 4 is 11.4 Å². The molecule has 0 fully saturated rings. The molecule has 4 heteroatoms. The van der Waals surface area contributed by atoms with E-state index in [-0.39, 0.29) is 0 Å². The molecule has 0 heterocycles. The number of rotatable bonds is 6. The second kappa shape index (κ2) is 6.14. The molecule has 0 radical (unpaired) electrons. The molecule has 0 bridgehead atoms. The lowest BCUT2D eigenvalue weighted by Gasteiger charge is -2.13. The topological polar surface area (TPSA) is 56.5 Å². The van der Waals surface area contributed by atoms with Crippen LogP contribution in [0.1, 0.15) is 6.92 Å². The third kappa shape index (κ3) is 3.32. The highest BCUT2D eigenvalue weighted by molar-refractivity contribution is 5.73. The molecule has 0 aliphatic rings. The van der Waals surface area contributed by atoms with Crippen LogP contribution in [0.25, 0.3) is 0 Å². The van der Waals surface area contributed by atoms with Gasteiger partial charge in [0, 0.05) is 13.2 Å². The molecule has 1 aromatic rings. The van der Waals surface area contributed by atoms with Gasteiger partial charge >= 0.3 is 0 Å². The van der Waals surface area contributed by atoms with Crippen molar-refractivity contribution in [3.8, 4) is 5.75 Å². The van der Waals surface area contributed by atoms with Crippen molar-refractivity contribution in [2.75, 3.05) is 37.9 Å². The van der Waals surface area contributed by atoms with E-state index in [1.165, 1.54) is 0 Å². The number of nitrogens with one attached hydrogen (secondary N) is 1. The van der Waals surface area contributed by atoms with Crippen LogP contribution in [-0.4, -0.2) is 26.9 Å². The fraction of sp³-hybridized carbons (Fsp3) is 0.455. The Morgan fingerprint density at radius 3 is 2.87 bits per heavy atom. The van der Waals surface area contributed by atoms with Gasteiger partial charge in [0.1, 0.15) is 11.4 Å². The van der Waals surface area contributed by atoms with Crippen LogP contribution in [0, 0.1) is 0 Å². The Bertz CT molecular complexity index is 303. The number of nitrogen functional groups attached to an aromatic ring is 1. The summed E-state index contributed by atoms with van der Waals surface area (Å²) >= 11 is 0. The van der Waals surface area contributed by atoms with E-state index in [1.807, 2.05) is 25.1 Å². The first-order valence-electron chi connectivity index (χ1n) is 5.03. The Labute approximate surface area is 90.4 Å². The van der Waals surface area contributed by atoms with Gasteiger partial charge in [-0.25, -0.2) is 0 Å². The largest absolute Gasteiger partial charge is 0.495 e. The summed E-state index contributed by atoms with van der Waals surface area (Å²) in [6.45, 7) is 4.08. The molecule has 84 valence electrons. The van der Waals surface area contributed by atoms with E-state index in [4.69, 9.17) is 15.2 Å². The molecule has 3 N–H and O–H groups in total. The SMILES string of the molecule is CCOCCNc1c(N)cccc1OC. The number of para-hydroxylation sites is 1. The maximum absolute atomic E-state index is 5.83. The highest BCUT2D eigenvalue weighted by Gasteiger charge is 2.04. The quantitative estimate of drug-likeness (QED) is 0.554. The summed E-state index contributed by atoms with van der Waals surface area (Å²) in [6.07, 6.45) is 0. The average Bonchev–Trinajstić information content (AvgIpc) is 2.26. The van der Waals surface area contributed by atoms with E-state index in [0.717, 1.165) is 24.6 Å². The van der Waals surface area contributed by atoms with Gasteiger partial charge in [-0.2, -0.15) is 0 Å². The molecule has 0 saturated heterocycles. The molecular weight excluding hydrogens is 192 g/mol. The standard InChI is InChI=1S/C11H18N2O2/c1-3-15-8-7-13-11-9(12)5-4-6-10(11)14-2/h4-6,13H,3,7-8,12H2,1-2H3. The molecule has 0 unspecified atom stereocenters. The predicted molar refractivity (Wildman–Crippen MR) is 62.4 cm³/mol. The monoisotopic (exact) mass is 210 g/mol. The molecule has 0 saturated carbocycles. The van der Waals surface area contributed by atoms with Gasteiger partial charge in [-0.3, -0.25) is 0 Å². The lowest BCUT2D eigenvalue weighted by Crippen LogP contribution is -2.11. The first kappa shape index (κ1) is 11.7. The fourth-order valence-electron chi connectivity index (χ4n) is 1.30. The van der Waals surface area contributed by atoms with E-state index in [9.17, 15) is 0 Å². The number of methoxy groups -OCH3 is 1. The molecule has 1 aromatic carbocycles. The smallest absolute Gasteiger partial charge is 0.144 e. The first-order valence-corrected chi connectivity index (χ1v) is 5.03. The molecule has 0 amide bonds. The second-order valence-corrected chi connectivity index (χ2v) is 3.05. The zero-order valence-corrected chi connectivity index (χ0v) is 9.25. The molecule has 0 aliphatic carbocycles. The van der Waals surface area contributed by atoms with Crippen LogP contribution in [0.4, 0.5) is 11.4 Å². The van der Waals surface area contributed by atoms with Gasteiger partial charge in [0.2, 0.25) is 0 Å². The Hall–Kier alpha value is -1.42. The van der Waals surface area contributed by atoms with Crippen molar-refractivity contribution < 1.29 is 9.47 Å². The number of anilines is 2. The summed E-state index contributed by atoms with van der Waals surface area (Å²) < 4.78 is 10.4. The van der Waals surface area contributed by atoms with Crippen molar-refractivity contribution in [3.63, 3.8) is 0 Å². The normalized spacial score (nSPS) is 10.0. The van der Waals surface area contributed by atoms with Gasteiger partial charge in [-0.15, -0.1) is 0 Å². The van der Waals surface area contributed by atoms with E-state index in [1.54, 1.807) is 7.11 Å². The Morgan fingerprint density at radius 1 is 1.40 bits per heavy atom. The van der Waals surface area contributed by atoms with Crippen molar-refractivity contribution in [3.05, 3.63) is 18.2 Å². The summed E-state index contributed by atoms with van der Waals surface area (Å²) in [5, 5.41) is 3.19. The van der Waals surface area contributed by atoms with E-state index in [2.05, 4.69) is 5.32 Å². The Kier molecular flexibility index (Phi) is 4.77. The molecular formula is C11H18N2O2. The second-order valence-electron chi connectivity index (χ2n) is 3.05. The van der Waals surface area contributed by atoms with Gasteiger partial charge in [0.05, 0.1) is 19.4 Å². The minimum atomic E-state index is 0.661.